The third kappa shape index (κ3) is 1.68. The van der Waals surface area contributed by atoms with Crippen LogP contribution in [0.1, 0.15) is 30.9 Å². The smallest absolute Gasteiger partial charge is 0.163 e. The first-order valence-electron chi connectivity index (χ1n) is 6.35. The van der Waals surface area contributed by atoms with Gasteiger partial charge in [0, 0.05) is 11.6 Å². The molecule has 92 valence electrons. The van der Waals surface area contributed by atoms with E-state index in [-0.39, 0.29) is 6.04 Å². The highest BCUT2D eigenvalue weighted by molar-refractivity contribution is 5.26. The fraction of sp³-hybridized carbons (Fsp3) is 0.571. The van der Waals surface area contributed by atoms with Crippen LogP contribution in [0.15, 0.2) is 18.2 Å². The number of hydrogen-bond donors (Lipinski definition) is 1. The highest BCUT2D eigenvalue weighted by atomic mass is 19.2. The van der Waals surface area contributed by atoms with Crippen LogP contribution in [-0.4, -0.2) is 7.05 Å². The molecular formula is C14H17F2N. The molecule has 0 aliphatic heterocycles. The van der Waals surface area contributed by atoms with Crippen LogP contribution in [0.4, 0.5) is 8.78 Å². The first kappa shape index (κ1) is 11.1. The fourth-order valence-electron chi connectivity index (χ4n) is 3.69. The van der Waals surface area contributed by atoms with Crippen molar-refractivity contribution in [3.8, 4) is 0 Å². The van der Waals surface area contributed by atoms with E-state index in [0.717, 1.165) is 11.8 Å². The molecule has 0 spiro atoms. The van der Waals surface area contributed by atoms with Crippen LogP contribution in [0.3, 0.4) is 0 Å². The van der Waals surface area contributed by atoms with Gasteiger partial charge < -0.3 is 5.32 Å². The minimum absolute atomic E-state index is 0.0269. The molecule has 3 unspecified atom stereocenters. The third-order valence-electron chi connectivity index (χ3n) is 4.49. The van der Waals surface area contributed by atoms with Gasteiger partial charge in [-0.25, -0.2) is 8.78 Å². The maximum atomic E-state index is 13.8. The number of fused-ring (bicyclic) bond motifs is 1. The molecule has 2 aliphatic carbocycles. The average Bonchev–Trinajstić information content (AvgIpc) is 2.80. The zero-order valence-corrected chi connectivity index (χ0v) is 9.92. The van der Waals surface area contributed by atoms with Gasteiger partial charge in [0.15, 0.2) is 11.6 Å². The molecule has 1 nitrogen and oxygen atoms in total. The highest BCUT2D eigenvalue weighted by Gasteiger charge is 2.56. The van der Waals surface area contributed by atoms with Crippen molar-refractivity contribution in [3.63, 3.8) is 0 Å². The van der Waals surface area contributed by atoms with E-state index < -0.39 is 11.6 Å². The number of halogens is 2. The molecule has 3 heteroatoms. The Morgan fingerprint density at radius 2 is 1.94 bits per heavy atom. The van der Waals surface area contributed by atoms with Gasteiger partial charge in [0.1, 0.15) is 0 Å². The Hall–Kier alpha value is -0.960. The molecule has 1 aromatic carbocycles. The highest BCUT2D eigenvalue weighted by Crippen LogP contribution is 2.62. The minimum atomic E-state index is -0.742. The second-order valence-electron chi connectivity index (χ2n) is 5.25. The molecule has 0 heterocycles. The van der Waals surface area contributed by atoms with Crippen molar-refractivity contribution in [3.05, 3.63) is 35.4 Å². The largest absolute Gasteiger partial charge is 0.313 e. The lowest BCUT2D eigenvalue weighted by Crippen LogP contribution is -2.22. The summed E-state index contributed by atoms with van der Waals surface area (Å²) in [5.41, 5.74) is 0.492. The second kappa shape index (κ2) is 4.05. The monoisotopic (exact) mass is 237 g/mol. The van der Waals surface area contributed by atoms with Crippen molar-refractivity contribution in [2.75, 3.05) is 7.05 Å². The number of hydrogen-bond acceptors (Lipinski definition) is 1. The summed E-state index contributed by atoms with van der Waals surface area (Å²) >= 11 is 0. The summed E-state index contributed by atoms with van der Waals surface area (Å²) in [6.07, 6.45) is 3.81. The Bertz CT molecular complexity index is 422. The SMILES string of the molecule is CNC(c1cccc(F)c1F)C1C2CCCC21. The minimum Gasteiger partial charge on any atom is -0.313 e. The van der Waals surface area contributed by atoms with E-state index >= 15 is 0 Å². The van der Waals surface area contributed by atoms with E-state index in [0.29, 0.717) is 11.5 Å². The predicted molar refractivity (Wildman–Crippen MR) is 62.5 cm³/mol. The van der Waals surface area contributed by atoms with Gasteiger partial charge >= 0.3 is 0 Å². The summed E-state index contributed by atoms with van der Waals surface area (Å²) in [7, 11) is 1.84. The van der Waals surface area contributed by atoms with Gasteiger partial charge in [-0.05, 0) is 43.7 Å². The van der Waals surface area contributed by atoms with Crippen LogP contribution in [-0.2, 0) is 0 Å². The molecule has 1 N–H and O–H groups in total. The first-order chi connectivity index (χ1) is 8.24. The van der Waals surface area contributed by atoms with E-state index in [1.54, 1.807) is 12.1 Å². The molecule has 2 fully saturated rings. The maximum Gasteiger partial charge on any atom is 0.163 e. The van der Waals surface area contributed by atoms with Gasteiger partial charge in [-0.15, -0.1) is 0 Å². The lowest BCUT2D eigenvalue weighted by Gasteiger charge is -2.19. The summed E-state index contributed by atoms with van der Waals surface area (Å²) in [6, 6.07) is 4.45. The van der Waals surface area contributed by atoms with Crippen LogP contribution in [0, 0.1) is 29.4 Å². The lowest BCUT2D eigenvalue weighted by molar-refractivity contribution is 0.414. The van der Waals surface area contributed by atoms with Crippen molar-refractivity contribution in [2.45, 2.75) is 25.3 Å². The summed E-state index contributed by atoms with van der Waals surface area (Å²) in [5.74, 6) is 0.542. The van der Waals surface area contributed by atoms with Crippen molar-refractivity contribution >= 4 is 0 Å². The van der Waals surface area contributed by atoms with Gasteiger partial charge in [0.2, 0.25) is 0 Å². The third-order valence-corrected chi connectivity index (χ3v) is 4.49. The van der Waals surface area contributed by atoms with E-state index in [9.17, 15) is 8.78 Å². The Balaban J connectivity index is 1.88. The topological polar surface area (TPSA) is 12.0 Å². The number of nitrogens with one attached hydrogen (secondary N) is 1. The molecule has 0 radical (unpaired) electrons. The molecule has 3 rings (SSSR count). The molecular weight excluding hydrogens is 220 g/mol. The average molecular weight is 237 g/mol. The Labute approximate surface area is 100 Å². The molecule has 0 aromatic heterocycles. The van der Waals surface area contributed by atoms with Crippen LogP contribution in [0.5, 0.6) is 0 Å². The zero-order valence-electron chi connectivity index (χ0n) is 9.92. The fourth-order valence-corrected chi connectivity index (χ4v) is 3.69. The van der Waals surface area contributed by atoms with Crippen LogP contribution >= 0.6 is 0 Å². The Kier molecular flexibility index (Phi) is 2.66. The second-order valence-corrected chi connectivity index (χ2v) is 5.25. The van der Waals surface area contributed by atoms with E-state index in [1.165, 1.54) is 25.3 Å². The molecule has 3 atom stereocenters. The number of rotatable bonds is 3. The molecule has 0 saturated heterocycles. The zero-order chi connectivity index (χ0) is 12.0. The van der Waals surface area contributed by atoms with Gasteiger partial charge in [-0.2, -0.15) is 0 Å². The van der Waals surface area contributed by atoms with Crippen molar-refractivity contribution in [1.82, 2.24) is 5.32 Å². The maximum absolute atomic E-state index is 13.8. The standard InChI is InChI=1S/C14H17F2N/c1-17-14(12-8-4-2-5-9(8)12)10-6-3-7-11(15)13(10)16/h3,6-9,12,14,17H,2,4-5H2,1H3. The Morgan fingerprint density at radius 1 is 1.24 bits per heavy atom. The van der Waals surface area contributed by atoms with Crippen LogP contribution in [0.25, 0.3) is 0 Å². The molecule has 0 amide bonds. The molecule has 1 aromatic rings. The summed E-state index contributed by atoms with van der Waals surface area (Å²) in [6.45, 7) is 0. The summed E-state index contributed by atoms with van der Waals surface area (Å²) in [5, 5.41) is 3.17. The van der Waals surface area contributed by atoms with E-state index in [2.05, 4.69) is 5.32 Å². The van der Waals surface area contributed by atoms with Crippen LogP contribution < -0.4 is 5.32 Å². The van der Waals surface area contributed by atoms with Gasteiger partial charge in [0.05, 0.1) is 0 Å². The van der Waals surface area contributed by atoms with E-state index in [1.807, 2.05) is 7.05 Å². The summed E-state index contributed by atoms with van der Waals surface area (Å²) < 4.78 is 27.0. The number of benzene rings is 1. The van der Waals surface area contributed by atoms with Crippen molar-refractivity contribution in [2.24, 2.45) is 17.8 Å². The van der Waals surface area contributed by atoms with Crippen molar-refractivity contribution in [1.29, 1.82) is 0 Å². The van der Waals surface area contributed by atoms with E-state index in [4.69, 9.17) is 0 Å². The van der Waals surface area contributed by atoms with Gasteiger partial charge in [-0.3, -0.25) is 0 Å². The first-order valence-corrected chi connectivity index (χ1v) is 6.35. The predicted octanol–water partition coefficient (Wildman–Crippen LogP) is 3.27. The van der Waals surface area contributed by atoms with Crippen LogP contribution in [0.2, 0.25) is 0 Å². The lowest BCUT2D eigenvalue weighted by atomic mass is 9.96. The molecule has 2 aliphatic rings. The van der Waals surface area contributed by atoms with Gasteiger partial charge in [0.25, 0.3) is 0 Å². The normalized spacial score (nSPS) is 32.3. The quantitative estimate of drug-likeness (QED) is 0.850. The molecule has 2 saturated carbocycles. The summed E-state index contributed by atoms with van der Waals surface area (Å²) in [4.78, 5) is 0. The Morgan fingerprint density at radius 3 is 2.59 bits per heavy atom. The van der Waals surface area contributed by atoms with Crippen molar-refractivity contribution < 1.29 is 8.78 Å². The molecule has 17 heavy (non-hydrogen) atoms. The van der Waals surface area contributed by atoms with Gasteiger partial charge in [-0.1, -0.05) is 18.6 Å². The molecule has 0 bridgehead atoms.